The zero-order valence-electron chi connectivity index (χ0n) is 5.19. The van der Waals surface area contributed by atoms with Crippen LogP contribution in [0.25, 0.3) is 0 Å². The van der Waals surface area contributed by atoms with Gasteiger partial charge in [0.1, 0.15) is 0 Å². The van der Waals surface area contributed by atoms with Gasteiger partial charge in [0.2, 0.25) is 0 Å². The summed E-state index contributed by atoms with van der Waals surface area (Å²) in [5.41, 5.74) is 0. The summed E-state index contributed by atoms with van der Waals surface area (Å²) >= 11 is 15.8. The lowest BCUT2D eigenvalue weighted by molar-refractivity contribution is -0.394. The van der Waals surface area contributed by atoms with Gasteiger partial charge in [0.15, 0.2) is 0 Å². The molecule has 0 saturated carbocycles. The predicted molar refractivity (Wildman–Crippen MR) is 40.0 cm³/mol. The molecule has 0 atom stereocenters. The van der Waals surface area contributed by atoms with Gasteiger partial charge in [0, 0.05) is 0 Å². The molecule has 0 bridgehead atoms. The Morgan fingerprint density at radius 2 is 2.08 bits per heavy atom. The summed E-state index contributed by atoms with van der Waals surface area (Å²) < 4.78 is -1.96. The fourth-order valence-corrected chi connectivity index (χ4v) is 0.602. The fourth-order valence-electron chi connectivity index (χ4n) is 0.388. The molecule has 1 rings (SSSR count). The van der Waals surface area contributed by atoms with Crippen molar-refractivity contribution in [3.05, 3.63) is 10.1 Å². The van der Waals surface area contributed by atoms with Crippen LogP contribution in [0, 0.1) is 10.1 Å². The van der Waals surface area contributed by atoms with Gasteiger partial charge < -0.3 is 10.1 Å². The van der Waals surface area contributed by atoms with Crippen molar-refractivity contribution in [1.82, 2.24) is 20.2 Å². The molecule has 7 nitrogen and oxygen atoms in total. The standard InChI is InChI=1S/C2Cl3N5O2/c3-2(4,5)10-7-1(6-8-10)9(11)12. The maximum Gasteiger partial charge on any atom is 0.514 e. The minimum Gasteiger partial charge on any atom is -0.390 e. The van der Waals surface area contributed by atoms with E-state index in [-0.39, 0.29) is 0 Å². The molecule has 12 heavy (non-hydrogen) atoms. The normalized spacial score (nSPS) is 11.6. The molecule has 1 aromatic rings. The number of tetrazole rings is 1. The maximum absolute atomic E-state index is 10.0. The van der Waals surface area contributed by atoms with Gasteiger partial charge in [-0.25, -0.2) is 0 Å². The SMILES string of the molecule is O=[N+]([O-])c1nnn(C(Cl)(Cl)Cl)n1. The third-order valence-electron chi connectivity index (χ3n) is 0.793. The average Bonchev–Trinajstić information content (AvgIpc) is 2.30. The molecule has 0 spiro atoms. The highest BCUT2D eigenvalue weighted by molar-refractivity contribution is 6.64. The van der Waals surface area contributed by atoms with Crippen LogP contribution >= 0.6 is 34.8 Å². The van der Waals surface area contributed by atoms with Crippen molar-refractivity contribution in [2.45, 2.75) is 3.92 Å². The third-order valence-corrected chi connectivity index (χ3v) is 1.25. The molecule has 0 aliphatic carbocycles. The second kappa shape index (κ2) is 3.00. The smallest absolute Gasteiger partial charge is 0.390 e. The van der Waals surface area contributed by atoms with E-state index in [1.807, 2.05) is 0 Å². The molecule has 1 heterocycles. The number of aromatic nitrogens is 4. The molecule has 10 heteroatoms. The summed E-state index contributed by atoms with van der Waals surface area (Å²) in [5.74, 6) is -0.721. The van der Waals surface area contributed by atoms with Gasteiger partial charge >= 0.3 is 9.86 Å². The number of rotatable bonds is 1. The van der Waals surface area contributed by atoms with E-state index in [2.05, 4.69) is 15.4 Å². The molecule has 66 valence electrons. The largest absolute Gasteiger partial charge is 0.514 e. The van der Waals surface area contributed by atoms with E-state index in [0.717, 1.165) is 0 Å². The van der Waals surface area contributed by atoms with Crippen LogP contribution < -0.4 is 0 Å². The number of hydrogen-bond donors (Lipinski definition) is 0. The summed E-state index contributed by atoms with van der Waals surface area (Å²) in [6, 6.07) is 0. The summed E-state index contributed by atoms with van der Waals surface area (Å²) in [7, 11) is 0. The van der Waals surface area contributed by atoms with Crippen LogP contribution in [-0.2, 0) is 3.92 Å². The van der Waals surface area contributed by atoms with Crippen molar-refractivity contribution >= 4 is 40.8 Å². The molecule has 0 saturated heterocycles. The number of nitrogens with zero attached hydrogens (tertiary/aromatic N) is 5. The van der Waals surface area contributed by atoms with Crippen molar-refractivity contribution in [1.29, 1.82) is 0 Å². The maximum atomic E-state index is 10.0. The van der Waals surface area contributed by atoms with E-state index in [4.69, 9.17) is 34.8 Å². The lowest BCUT2D eigenvalue weighted by Gasteiger charge is -2.01. The molecule has 1 aromatic heterocycles. The highest BCUT2D eigenvalue weighted by Crippen LogP contribution is 2.30. The van der Waals surface area contributed by atoms with Crippen LogP contribution in [0.3, 0.4) is 0 Å². The fraction of sp³-hybridized carbons (Fsp3) is 0.500. The molecular formula is C2Cl3N5O2. The first kappa shape index (κ1) is 9.43. The quantitative estimate of drug-likeness (QED) is 0.407. The van der Waals surface area contributed by atoms with Gasteiger partial charge in [-0.15, -0.1) is 0 Å². The van der Waals surface area contributed by atoms with Crippen molar-refractivity contribution in [3.8, 4) is 0 Å². The number of halogens is 3. The van der Waals surface area contributed by atoms with E-state index in [1.165, 1.54) is 0 Å². The zero-order chi connectivity index (χ0) is 9.35. The lowest BCUT2D eigenvalue weighted by atomic mass is 11.1. The molecular weight excluding hydrogens is 232 g/mol. The number of nitro groups is 1. The van der Waals surface area contributed by atoms with E-state index in [0.29, 0.717) is 4.80 Å². The Bertz CT molecular complexity index is 304. The molecule has 0 amide bonds. The zero-order valence-corrected chi connectivity index (χ0v) is 7.45. The van der Waals surface area contributed by atoms with Crippen LogP contribution in [-0.4, -0.2) is 25.1 Å². The van der Waals surface area contributed by atoms with E-state index < -0.39 is 14.8 Å². The lowest BCUT2D eigenvalue weighted by Crippen LogP contribution is -2.16. The van der Waals surface area contributed by atoms with E-state index in [9.17, 15) is 10.1 Å². The van der Waals surface area contributed by atoms with Crippen molar-refractivity contribution in [2.24, 2.45) is 0 Å². The Kier molecular flexibility index (Phi) is 2.36. The van der Waals surface area contributed by atoms with Crippen LogP contribution in [0.5, 0.6) is 0 Å². The van der Waals surface area contributed by atoms with Crippen LogP contribution in [0.1, 0.15) is 0 Å². The first-order valence-corrected chi connectivity index (χ1v) is 3.56. The minimum atomic E-state index is -1.96. The monoisotopic (exact) mass is 231 g/mol. The van der Waals surface area contributed by atoms with Crippen LogP contribution in [0.4, 0.5) is 5.95 Å². The second-order valence-corrected chi connectivity index (χ2v) is 3.83. The first-order chi connectivity index (χ1) is 5.41. The van der Waals surface area contributed by atoms with Gasteiger partial charge in [-0.1, -0.05) is 34.8 Å². The second-order valence-electron chi connectivity index (χ2n) is 1.60. The van der Waals surface area contributed by atoms with Crippen molar-refractivity contribution < 1.29 is 4.92 Å². The molecule has 0 N–H and O–H groups in total. The van der Waals surface area contributed by atoms with Crippen molar-refractivity contribution in [3.63, 3.8) is 0 Å². The molecule has 0 aliphatic rings. The third kappa shape index (κ3) is 1.93. The van der Waals surface area contributed by atoms with Crippen LogP contribution in [0.2, 0.25) is 0 Å². The van der Waals surface area contributed by atoms with Gasteiger partial charge in [0.05, 0.1) is 15.4 Å². The summed E-state index contributed by atoms with van der Waals surface area (Å²) in [6.45, 7) is 0. The number of alkyl halides is 3. The van der Waals surface area contributed by atoms with Gasteiger partial charge in [-0.3, -0.25) is 0 Å². The Hall–Kier alpha value is -0.660. The van der Waals surface area contributed by atoms with Crippen LogP contribution in [0.15, 0.2) is 0 Å². The number of hydrogen-bond acceptors (Lipinski definition) is 5. The topological polar surface area (TPSA) is 86.7 Å². The average molecular weight is 232 g/mol. The Morgan fingerprint density at radius 3 is 2.33 bits per heavy atom. The Balaban J connectivity index is 3.00. The molecule has 0 aromatic carbocycles. The van der Waals surface area contributed by atoms with Gasteiger partial charge in [-0.2, -0.15) is 0 Å². The van der Waals surface area contributed by atoms with Crippen molar-refractivity contribution in [2.75, 3.05) is 0 Å². The highest BCUT2D eigenvalue weighted by Gasteiger charge is 2.31. The predicted octanol–water partition coefficient (Wildman–Crippen LogP) is 0.865. The Labute approximate surface area is 80.3 Å². The summed E-state index contributed by atoms with van der Waals surface area (Å²) in [5, 5.41) is 19.4. The minimum absolute atomic E-state index is 0.510. The molecule has 0 fully saturated rings. The summed E-state index contributed by atoms with van der Waals surface area (Å²) in [4.78, 5) is 9.70. The van der Waals surface area contributed by atoms with Gasteiger partial charge in [0.25, 0.3) is 0 Å². The summed E-state index contributed by atoms with van der Waals surface area (Å²) in [6.07, 6.45) is 0. The molecule has 0 aliphatic heterocycles. The first-order valence-electron chi connectivity index (χ1n) is 2.43. The molecule has 0 unspecified atom stereocenters. The van der Waals surface area contributed by atoms with E-state index in [1.54, 1.807) is 0 Å². The van der Waals surface area contributed by atoms with E-state index >= 15 is 0 Å². The Morgan fingerprint density at radius 1 is 1.50 bits per heavy atom. The highest BCUT2D eigenvalue weighted by atomic mass is 35.6. The van der Waals surface area contributed by atoms with Gasteiger partial charge in [-0.05, 0) is 9.72 Å². The molecule has 0 radical (unpaired) electrons.